The van der Waals surface area contributed by atoms with Gasteiger partial charge in [0, 0.05) is 25.4 Å². The van der Waals surface area contributed by atoms with Gasteiger partial charge in [0.1, 0.15) is 0 Å². The van der Waals surface area contributed by atoms with E-state index in [2.05, 4.69) is 9.72 Å². The number of carbonyl (C=O) groups excluding carboxylic acids is 2. The minimum atomic E-state index is -0.668. The summed E-state index contributed by atoms with van der Waals surface area (Å²) in [5.41, 5.74) is 1.08. The number of amides is 1. The minimum Gasteiger partial charge on any atom is -0.467 e. The largest absolute Gasteiger partial charge is 0.467 e. The van der Waals surface area contributed by atoms with E-state index in [1.807, 2.05) is 12.1 Å². The van der Waals surface area contributed by atoms with E-state index >= 15 is 0 Å². The number of hydrogen-bond donors (Lipinski definition) is 0. The van der Waals surface area contributed by atoms with Crippen molar-refractivity contribution in [2.75, 3.05) is 26.8 Å². The van der Waals surface area contributed by atoms with Crippen LogP contribution in [0.5, 0.6) is 0 Å². The van der Waals surface area contributed by atoms with Crippen LogP contribution in [0.3, 0.4) is 0 Å². The van der Waals surface area contributed by atoms with Gasteiger partial charge in [-0.25, -0.2) is 4.79 Å². The fraction of sp³-hybridized carbons (Fsp3) is 0.500. The smallest absolute Gasteiger partial charge is 0.336 e. The summed E-state index contributed by atoms with van der Waals surface area (Å²) in [5.74, 6) is -0.407. The standard InChI is InChI=1S/C14H18N2O4/c1-19-14(18)12-10-16(8-9-20-12)13(17)3-2-11-4-6-15-7-5-11/h4-7,12H,2-3,8-10H2,1H3. The van der Waals surface area contributed by atoms with Crippen LogP contribution in [0.4, 0.5) is 0 Å². The fourth-order valence-electron chi connectivity index (χ4n) is 2.11. The zero-order chi connectivity index (χ0) is 14.4. The van der Waals surface area contributed by atoms with Crippen LogP contribution in [0.1, 0.15) is 12.0 Å². The van der Waals surface area contributed by atoms with Gasteiger partial charge in [-0.05, 0) is 24.1 Å². The molecule has 0 aromatic carbocycles. The van der Waals surface area contributed by atoms with Gasteiger partial charge in [0.15, 0.2) is 6.10 Å². The molecule has 6 nitrogen and oxygen atoms in total. The van der Waals surface area contributed by atoms with Crippen LogP contribution in [-0.2, 0) is 25.5 Å². The van der Waals surface area contributed by atoms with Crippen molar-refractivity contribution in [1.29, 1.82) is 0 Å². The number of aryl methyl sites for hydroxylation is 1. The number of aromatic nitrogens is 1. The Balaban J connectivity index is 1.84. The van der Waals surface area contributed by atoms with Crippen LogP contribution < -0.4 is 0 Å². The Morgan fingerprint density at radius 2 is 2.20 bits per heavy atom. The van der Waals surface area contributed by atoms with Crippen LogP contribution in [0.25, 0.3) is 0 Å². The van der Waals surface area contributed by atoms with Crippen LogP contribution >= 0.6 is 0 Å². The Kier molecular flexibility index (Phi) is 5.06. The van der Waals surface area contributed by atoms with E-state index in [9.17, 15) is 9.59 Å². The van der Waals surface area contributed by atoms with Crippen LogP contribution in [0, 0.1) is 0 Å². The summed E-state index contributed by atoms with van der Waals surface area (Å²) >= 11 is 0. The molecule has 0 N–H and O–H groups in total. The Bertz CT molecular complexity index is 464. The normalized spacial score (nSPS) is 18.6. The molecule has 1 amide bonds. The highest BCUT2D eigenvalue weighted by Gasteiger charge is 2.29. The summed E-state index contributed by atoms with van der Waals surface area (Å²) in [7, 11) is 1.32. The fourth-order valence-corrected chi connectivity index (χ4v) is 2.11. The summed E-state index contributed by atoms with van der Waals surface area (Å²) in [5, 5.41) is 0. The first-order chi connectivity index (χ1) is 9.70. The lowest BCUT2D eigenvalue weighted by Crippen LogP contribution is -2.48. The second-order valence-corrected chi connectivity index (χ2v) is 4.58. The molecule has 1 aromatic heterocycles. The minimum absolute atomic E-state index is 0.0269. The van der Waals surface area contributed by atoms with Crippen LogP contribution in [0.2, 0.25) is 0 Å². The van der Waals surface area contributed by atoms with Gasteiger partial charge in [0.25, 0.3) is 0 Å². The van der Waals surface area contributed by atoms with Crippen molar-refractivity contribution >= 4 is 11.9 Å². The van der Waals surface area contributed by atoms with Crippen molar-refractivity contribution in [3.8, 4) is 0 Å². The molecule has 6 heteroatoms. The summed E-state index contributed by atoms with van der Waals surface area (Å²) in [6, 6.07) is 3.79. The Labute approximate surface area is 117 Å². The van der Waals surface area contributed by atoms with Crippen LogP contribution in [-0.4, -0.2) is 54.7 Å². The number of rotatable bonds is 4. The maximum Gasteiger partial charge on any atom is 0.336 e. The zero-order valence-electron chi connectivity index (χ0n) is 11.4. The molecule has 1 unspecified atom stereocenters. The lowest BCUT2D eigenvalue weighted by atomic mass is 10.1. The van der Waals surface area contributed by atoms with E-state index < -0.39 is 12.1 Å². The van der Waals surface area contributed by atoms with Crippen molar-refractivity contribution < 1.29 is 19.1 Å². The first-order valence-electron chi connectivity index (χ1n) is 6.57. The van der Waals surface area contributed by atoms with E-state index in [1.54, 1.807) is 17.3 Å². The topological polar surface area (TPSA) is 68.7 Å². The molecule has 1 aliphatic heterocycles. The van der Waals surface area contributed by atoms with E-state index in [0.29, 0.717) is 26.0 Å². The van der Waals surface area contributed by atoms with Gasteiger partial charge in [-0.1, -0.05) is 0 Å². The third-order valence-electron chi connectivity index (χ3n) is 3.26. The number of methoxy groups -OCH3 is 1. The number of hydrogen-bond acceptors (Lipinski definition) is 5. The zero-order valence-corrected chi connectivity index (χ0v) is 11.4. The molecule has 1 aromatic rings. The summed E-state index contributed by atoms with van der Waals surface area (Å²) in [6.45, 7) is 1.14. The van der Waals surface area contributed by atoms with Gasteiger partial charge >= 0.3 is 5.97 Å². The molecular formula is C14H18N2O4. The molecule has 0 spiro atoms. The Morgan fingerprint density at radius 1 is 1.45 bits per heavy atom. The van der Waals surface area contributed by atoms with Crippen molar-refractivity contribution in [2.45, 2.75) is 18.9 Å². The van der Waals surface area contributed by atoms with Gasteiger partial charge in [-0.3, -0.25) is 9.78 Å². The molecule has 0 radical (unpaired) electrons. The molecule has 1 atom stereocenters. The van der Waals surface area contributed by atoms with Gasteiger partial charge in [-0.2, -0.15) is 0 Å². The van der Waals surface area contributed by atoms with Crippen molar-refractivity contribution in [2.24, 2.45) is 0 Å². The molecule has 108 valence electrons. The van der Waals surface area contributed by atoms with Gasteiger partial charge in [0.05, 0.1) is 20.3 Å². The maximum absolute atomic E-state index is 12.1. The first-order valence-corrected chi connectivity index (χ1v) is 6.57. The highest BCUT2D eigenvalue weighted by atomic mass is 16.6. The second-order valence-electron chi connectivity index (χ2n) is 4.58. The van der Waals surface area contributed by atoms with Gasteiger partial charge in [-0.15, -0.1) is 0 Å². The number of pyridine rings is 1. The van der Waals surface area contributed by atoms with E-state index in [-0.39, 0.29) is 12.5 Å². The Hall–Kier alpha value is -1.95. The molecule has 1 fully saturated rings. The van der Waals surface area contributed by atoms with Crippen molar-refractivity contribution in [1.82, 2.24) is 9.88 Å². The second kappa shape index (κ2) is 7.00. The molecule has 0 bridgehead atoms. The average molecular weight is 278 g/mol. The SMILES string of the molecule is COC(=O)C1CN(C(=O)CCc2ccncc2)CCO1. The van der Waals surface area contributed by atoms with Crippen LogP contribution in [0.15, 0.2) is 24.5 Å². The molecule has 1 aliphatic rings. The highest BCUT2D eigenvalue weighted by molar-refractivity contribution is 5.79. The van der Waals surface area contributed by atoms with E-state index in [0.717, 1.165) is 5.56 Å². The van der Waals surface area contributed by atoms with E-state index in [1.165, 1.54) is 7.11 Å². The lowest BCUT2D eigenvalue weighted by Gasteiger charge is -2.31. The molecule has 2 heterocycles. The molecule has 0 aliphatic carbocycles. The predicted molar refractivity (Wildman–Crippen MR) is 70.9 cm³/mol. The van der Waals surface area contributed by atoms with E-state index in [4.69, 9.17) is 4.74 Å². The number of carbonyl (C=O) groups is 2. The molecule has 2 rings (SSSR count). The van der Waals surface area contributed by atoms with Crippen molar-refractivity contribution in [3.63, 3.8) is 0 Å². The summed E-state index contributed by atoms with van der Waals surface area (Å²) < 4.78 is 9.94. The summed E-state index contributed by atoms with van der Waals surface area (Å²) in [4.78, 5) is 29.1. The molecule has 0 saturated carbocycles. The number of nitrogens with zero attached hydrogens (tertiary/aromatic N) is 2. The third-order valence-corrected chi connectivity index (χ3v) is 3.26. The quantitative estimate of drug-likeness (QED) is 0.746. The third kappa shape index (κ3) is 3.77. The monoisotopic (exact) mass is 278 g/mol. The summed E-state index contributed by atoms with van der Waals surface area (Å²) in [6.07, 6.45) is 3.84. The molecular weight excluding hydrogens is 260 g/mol. The molecule has 20 heavy (non-hydrogen) atoms. The molecule has 1 saturated heterocycles. The predicted octanol–water partition coefficient (Wildman–Crippen LogP) is 0.415. The van der Waals surface area contributed by atoms with Gasteiger partial charge in [0.2, 0.25) is 5.91 Å². The lowest BCUT2D eigenvalue weighted by molar-refractivity contribution is -0.162. The van der Waals surface area contributed by atoms with Gasteiger partial charge < -0.3 is 14.4 Å². The number of ether oxygens (including phenoxy) is 2. The maximum atomic E-state index is 12.1. The average Bonchev–Trinajstić information content (AvgIpc) is 2.53. The highest BCUT2D eigenvalue weighted by Crippen LogP contribution is 2.10. The van der Waals surface area contributed by atoms with Crippen molar-refractivity contribution in [3.05, 3.63) is 30.1 Å². The number of esters is 1. The Morgan fingerprint density at radius 3 is 2.90 bits per heavy atom. The first kappa shape index (κ1) is 14.5. The number of morpholine rings is 1.